The standard InChI is InChI=1S/C16H14ClN3O2/c1-22-9-4-5-12-10(6-9)11(17)7-13(18-12)14-15(8-2-3-8)19-20-16(14)21/h4-8,18H,2-3H2,1H3,(H,20,21). The predicted octanol–water partition coefficient (Wildman–Crippen LogP) is 2.85. The van der Waals surface area contributed by atoms with Crippen LogP contribution in [0, 0.1) is 5.92 Å². The second kappa shape index (κ2) is 4.88. The maximum absolute atomic E-state index is 12.1. The van der Waals surface area contributed by atoms with E-state index in [1.165, 1.54) is 0 Å². The third kappa shape index (κ3) is 2.09. The molecular formula is C16H14ClN3O2. The lowest BCUT2D eigenvalue weighted by Crippen LogP contribution is -2.20. The Bertz CT molecular complexity index is 776. The zero-order chi connectivity index (χ0) is 15.3. The van der Waals surface area contributed by atoms with Gasteiger partial charge in [-0.1, -0.05) is 11.6 Å². The van der Waals surface area contributed by atoms with E-state index in [2.05, 4.69) is 15.8 Å². The Hall–Kier alpha value is -2.27. The molecule has 1 saturated carbocycles. The Morgan fingerprint density at radius 1 is 1.36 bits per heavy atom. The number of allylic oxidation sites excluding steroid dienone is 1. The number of hydrazone groups is 1. The van der Waals surface area contributed by atoms with E-state index < -0.39 is 0 Å². The molecule has 3 aliphatic rings. The van der Waals surface area contributed by atoms with Gasteiger partial charge >= 0.3 is 0 Å². The molecule has 1 aromatic rings. The summed E-state index contributed by atoms with van der Waals surface area (Å²) in [5, 5.41) is 8.03. The Balaban J connectivity index is 1.80. The van der Waals surface area contributed by atoms with Crippen LogP contribution in [0.25, 0.3) is 5.03 Å². The monoisotopic (exact) mass is 315 g/mol. The number of ether oxygens (including phenoxy) is 1. The number of rotatable bonds is 2. The van der Waals surface area contributed by atoms with Crippen LogP contribution in [0.1, 0.15) is 18.4 Å². The summed E-state index contributed by atoms with van der Waals surface area (Å²) in [5.74, 6) is 0.941. The number of benzene rings is 1. The number of hydrogen-bond acceptors (Lipinski definition) is 4. The maximum Gasteiger partial charge on any atom is 0.275 e. The third-order valence-corrected chi connectivity index (χ3v) is 4.33. The molecule has 5 nitrogen and oxygen atoms in total. The molecule has 0 atom stereocenters. The van der Waals surface area contributed by atoms with Crippen LogP contribution in [0.4, 0.5) is 5.69 Å². The van der Waals surface area contributed by atoms with Crippen molar-refractivity contribution in [3.63, 3.8) is 0 Å². The van der Waals surface area contributed by atoms with Gasteiger partial charge in [0, 0.05) is 17.2 Å². The zero-order valence-corrected chi connectivity index (χ0v) is 12.7. The predicted molar refractivity (Wildman–Crippen MR) is 85.8 cm³/mol. The van der Waals surface area contributed by atoms with Crippen LogP contribution in [0.2, 0.25) is 0 Å². The number of anilines is 1. The highest BCUT2D eigenvalue weighted by Gasteiger charge is 2.38. The highest BCUT2D eigenvalue weighted by molar-refractivity contribution is 6.50. The minimum Gasteiger partial charge on any atom is -0.497 e. The molecule has 6 heteroatoms. The number of methoxy groups -OCH3 is 1. The minimum atomic E-state index is -0.179. The summed E-state index contributed by atoms with van der Waals surface area (Å²) in [6, 6.07) is 5.62. The first kappa shape index (κ1) is 13.4. The summed E-state index contributed by atoms with van der Waals surface area (Å²) >= 11 is 6.40. The van der Waals surface area contributed by atoms with E-state index in [0.717, 1.165) is 35.6 Å². The third-order valence-electron chi connectivity index (χ3n) is 4.02. The van der Waals surface area contributed by atoms with Crippen LogP contribution < -0.4 is 15.5 Å². The molecule has 0 radical (unpaired) electrons. The van der Waals surface area contributed by atoms with Crippen LogP contribution in [0.3, 0.4) is 0 Å². The van der Waals surface area contributed by atoms with Crippen LogP contribution in [-0.4, -0.2) is 18.7 Å². The molecule has 0 bridgehead atoms. The molecule has 0 unspecified atom stereocenters. The number of nitrogens with one attached hydrogen (secondary N) is 2. The molecule has 2 aliphatic heterocycles. The number of carbonyl (C=O) groups is 1. The number of hydrogen-bond donors (Lipinski definition) is 2. The lowest BCUT2D eigenvalue weighted by Gasteiger charge is -2.20. The summed E-state index contributed by atoms with van der Waals surface area (Å²) in [6.45, 7) is 0. The average Bonchev–Trinajstić information content (AvgIpc) is 3.29. The molecule has 0 aromatic heterocycles. The van der Waals surface area contributed by atoms with E-state index in [1.54, 1.807) is 13.2 Å². The van der Waals surface area contributed by atoms with Crippen LogP contribution in [-0.2, 0) is 4.79 Å². The van der Waals surface area contributed by atoms with Crippen molar-refractivity contribution in [1.29, 1.82) is 0 Å². The molecule has 0 saturated heterocycles. The maximum atomic E-state index is 12.1. The SMILES string of the molecule is COc1ccc2c(c1)C(Cl)=CC(=C1C(=O)NN=C1C1CC1)N2. The van der Waals surface area contributed by atoms with Crippen molar-refractivity contribution < 1.29 is 9.53 Å². The van der Waals surface area contributed by atoms with Gasteiger partial charge in [0.1, 0.15) is 5.75 Å². The molecule has 1 fully saturated rings. The smallest absolute Gasteiger partial charge is 0.275 e. The Morgan fingerprint density at radius 3 is 2.91 bits per heavy atom. The largest absolute Gasteiger partial charge is 0.497 e. The van der Waals surface area contributed by atoms with Gasteiger partial charge in [-0.25, -0.2) is 5.43 Å². The number of nitrogens with zero attached hydrogens (tertiary/aromatic N) is 1. The summed E-state index contributed by atoms with van der Waals surface area (Å²) in [6.07, 6.45) is 3.94. The molecule has 112 valence electrons. The number of fused-ring (bicyclic) bond motifs is 1. The summed E-state index contributed by atoms with van der Waals surface area (Å²) in [4.78, 5) is 12.1. The lowest BCUT2D eigenvalue weighted by molar-refractivity contribution is -0.116. The van der Waals surface area contributed by atoms with Crippen LogP contribution in [0.15, 0.2) is 40.6 Å². The van der Waals surface area contributed by atoms with Gasteiger partial charge in [-0.2, -0.15) is 5.10 Å². The van der Waals surface area contributed by atoms with E-state index in [9.17, 15) is 4.79 Å². The van der Waals surface area contributed by atoms with E-state index in [1.807, 2.05) is 18.2 Å². The first-order valence-electron chi connectivity index (χ1n) is 7.12. The first-order chi connectivity index (χ1) is 10.7. The molecule has 0 spiro atoms. The number of halogens is 1. The van der Waals surface area contributed by atoms with Gasteiger partial charge in [-0.05, 0) is 37.1 Å². The summed E-state index contributed by atoms with van der Waals surface area (Å²) in [7, 11) is 1.62. The van der Waals surface area contributed by atoms with Crippen molar-refractivity contribution in [3.8, 4) is 5.75 Å². The Morgan fingerprint density at radius 2 is 2.18 bits per heavy atom. The van der Waals surface area contributed by atoms with Crippen molar-refractivity contribution in [2.45, 2.75) is 12.8 Å². The highest BCUT2D eigenvalue weighted by Crippen LogP contribution is 2.40. The van der Waals surface area contributed by atoms with Crippen LogP contribution >= 0.6 is 11.6 Å². The Kier molecular flexibility index (Phi) is 2.97. The van der Waals surface area contributed by atoms with Gasteiger partial charge in [0.15, 0.2) is 0 Å². The molecule has 2 N–H and O–H groups in total. The van der Waals surface area contributed by atoms with Gasteiger partial charge in [0.05, 0.1) is 29.1 Å². The molecular weight excluding hydrogens is 302 g/mol. The molecule has 22 heavy (non-hydrogen) atoms. The minimum absolute atomic E-state index is 0.179. The van der Waals surface area contributed by atoms with Gasteiger partial charge in [-0.3, -0.25) is 4.79 Å². The van der Waals surface area contributed by atoms with Gasteiger partial charge in [0.2, 0.25) is 0 Å². The van der Waals surface area contributed by atoms with E-state index in [4.69, 9.17) is 16.3 Å². The second-order valence-corrected chi connectivity index (χ2v) is 5.94. The van der Waals surface area contributed by atoms with Crippen LogP contribution in [0.5, 0.6) is 5.75 Å². The van der Waals surface area contributed by atoms with E-state index >= 15 is 0 Å². The fourth-order valence-electron chi connectivity index (χ4n) is 2.73. The van der Waals surface area contributed by atoms with Crippen molar-refractivity contribution in [1.82, 2.24) is 5.43 Å². The van der Waals surface area contributed by atoms with Gasteiger partial charge in [0.25, 0.3) is 5.91 Å². The molecule has 4 rings (SSSR count). The van der Waals surface area contributed by atoms with Gasteiger partial charge in [-0.15, -0.1) is 0 Å². The zero-order valence-electron chi connectivity index (χ0n) is 11.9. The second-order valence-electron chi connectivity index (χ2n) is 5.53. The summed E-state index contributed by atoms with van der Waals surface area (Å²) in [5.41, 5.74) is 6.40. The van der Waals surface area contributed by atoms with Crippen molar-refractivity contribution >= 4 is 33.9 Å². The fourth-order valence-corrected chi connectivity index (χ4v) is 2.99. The molecule has 2 heterocycles. The first-order valence-corrected chi connectivity index (χ1v) is 7.50. The number of amides is 1. The Labute approximate surface area is 132 Å². The van der Waals surface area contributed by atoms with E-state index in [0.29, 0.717) is 22.2 Å². The molecule has 1 aromatic carbocycles. The quantitative estimate of drug-likeness (QED) is 0.825. The number of carbonyl (C=O) groups excluding carboxylic acids is 1. The van der Waals surface area contributed by atoms with Crippen molar-refractivity contribution in [3.05, 3.63) is 41.1 Å². The van der Waals surface area contributed by atoms with Crippen molar-refractivity contribution in [2.75, 3.05) is 12.4 Å². The van der Waals surface area contributed by atoms with E-state index in [-0.39, 0.29) is 5.91 Å². The summed E-state index contributed by atoms with van der Waals surface area (Å²) < 4.78 is 5.22. The normalized spacial score (nSPS) is 23.3. The topological polar surface area (TPSA) is 62.7 Å². The highest BCUT2D eigenvalue weighted by atomic mass is 35.5. The van der Waals surface area contributed by atoms with Crippen molar-refractivity contribution in [2.24, 2.45) is 11.0 Å². The molecule has 1 amide bonds. The molecule has 1 aliphatic carbocycles. The lowest BCUT2D eigenvalue weighted by atomic mass is 10.00. The fraction of sp³-hybridized carbons (Fsp3) is 0.250. The average molecular weight is 316 g/mol. The van der Waals surface area contributed by atoms with Gasteiger partial charge < -0.3 is 10.1 Å².